The lowest BCUT2D eigenvalue weighted by molar-refractivity contribution is 0.130. The zero-order valence-corrected chi connectivity index (χ0v) is 11.0. The molecule has 0 aromatic heterocycles. The summed E-state index contributed by atoms with van der Waals surface area (Å²) in [5.74, 6) is 0.512. The van der Waals surface area contributed by atoms with E-state index in [0.29, 0.717) is 12.0 Å². The normalized spacial score (nSPS) is 27.2. The molecule has 3 atom stereocenters. The monoisotopic (exact) mass is 227 g/mol. The van der Waals surface area contributed by atoms with Crippen LogP contribution in [0.1, 0.15) is 65.2 Å². The maximum absolute atomic E-state index is 9.71. The maximum atomic E-state index is 9.71. The first-order valence-electron chi connectivity index (χ1n) is 7.15. The van der Waals surface area contributed by atoms with E-state index < -0.39 is 0 Å². The van der Waals surface area contributed by atoms with Gasteiger partial charge in [0.1, 0.15) is 0 Å². The molecule has 96 valence electrons. The van der Waals surface area contributed by atoms with Crippen molar-refractivity contribution in [2.45, 2.75) is 77.4 Å². The minimum atomic E-state index is -0.0419. The Bertz CT molecular complexity index is 172. The van der Waals surface area contributed by atoms with Gasteiger partial charge in [-0.25, -0.2) is 0 Å². The highest BCUT2D eigenvalue weighted by Gasteiger charge is 2.24. The number of nitrogens with one attached hydrogen (secondary N) is 1. The van der Waals surface area contributed by atoms with Gasteiger partial charge in [-0.15, -0.1) is 0 Å². The fourth-order valence-electron chi connectivity index (χ4n) is 2.59. The summed E-state index contributed by atoms with van der Waals surface area (Å²) in [7, 11) is 0. The first-order valence-corrected chi connectivity index (χ1v) is 7.15. The van der Waals surface area contributed by atoms with Gasteiger partial charge in [-0.2, -0.15) is 0 Å². The lowest BCUT2D eigenvalue weighted by atomic mass is 10.0. The molecule has 0 aliphatic heterocycles. The summed E-state index contributed by atoms with van der Waals surface area (Å²) in [5, 5.41) is 13.3. The molecule has 1 rings (SSSR count). The van der Waals surface area contributed by atoms with E-state index in [-0.39, 0.29) is 6.10 Å². The van der Waals surface area contributed by atoms with Crippen LogP contribution in [-0.4, -0.2) is 23.8 Å². The predicted octanol–water partition coefficient (Wildman–Crippen LogP) is 3.10. The minimum absolute atomic E-state index is 0.0419. The highest BCUT2D eigenvalue weighted by Crippen LogP contribution is 2.24. The van der Waals surface area contributed by atoms with Crippen LogP contribution < -0.4 is 5.32 Å². The van der Waals surface area contributed by atoms with E-state index in [1.54, 1.807) is 0 Å². The Balaban J connectivity index is 1.99. The lowest BCUT2D eigenvalue weighted by Gasteiger charge is -2.19. The summed E-state index contributed by atoms with van der Waals surface area (Å²) in [4.78, 5) is 0. The zero-order chi connectivity index (χ0) is 11.8. The third-order valence-electron chi connectivity index (χ3n) is 3.84. The van der Waals surface area contributed by atoms with Crippen molar-refractivity contribution in [3.05, 3.63) is 0 Å². The Morgan fingerprint density at radius 3 is 2.69 bits per heavy atom. The van der Waals surface area contributed by atoms with Crippen molar-refractivity contribution in [1.29, 1.82) is 0 Å². The van der Waals surface area contributed by atoms with Crippen LogP contribution in [0.5, 0.6) is 0 Å². The van der Waals surface area contributed by atoms with E-state index in [9.17, 15) is 5.11 Å². The second-order valence-electron chi connectivity index (χ2n) is 5.42. The number of hydrogen-bond donors (Lipinski definition) is 2. The second kappa shape index (κ2) is 8.08. The molecule has 0 radical (unpaired) electrons. The first kappa shape index (κ1) is 14.0. The van der Waals surface area contributed by atoms with Crippen LogP contribution in [0.4, 0.5) is 0 Å². The van der Waals surface area contributed by atoms with Crippen molar-refractivity contribution in [1.82, 2.24) is 5.32 Å². The summed E-state index contributed by atoms with van der Waals surface area (Å²) in [6.45, 7) is 5.53. The van der Waals surface area contributed by atoms with Crippen LogP contribution in [0.3, 0.4) is 0 Å². The van der Waals surface area contributed by atoms with E-state index in [2.05, 4.69) is 19.2 Å². The van der Waals surface area contributed by atoms with Gasteiger partial charge < -0.3 is 10.4 Å². The number of aliphatic hydroxyl groups is 1. The van der Waals surface area contributed by atoms with Gasteiger partial charge in [0.05, 0.1) is 6.10 Å². The van der Waals surface area contributed by atoms with Crippen LogP contribution in [-0.2, 0) is 0 Å². The molecule has 0 bridgehead atoms. The molecule has 1 fully saturated rings. The van der Waals surface area contributed by atoms with Gasteiger partial charge in [0.15, 0.2) is 0 Å². The average molecular weight is 227 g/mol. The van der Waals surface area contributed by atoms with Gasteiger partial charge in [0, 0.05) is 12.6 Å². The van der Waals surface area contributed by atoms with E-state index in [1.165, 1.54) is 44.9 Å². The van der Waals surface area contributed by atoms with Gasteiger partial charge in [-0.05, 0) is 32.1 Å². The third kappa shape index (κ3) is 5.31. The number of hydrogen-bond acceptors (Lipinski definition) is 2. The molecular formula is C14H29NO. The molecule has 2 nitrogen and oxygen atoms in total. The summed E-state index contributed by atoms with van der Waals surface area (Å²) in [6, 6.07) is 0.615. The number of rotatable bonds is 8. The van der Waals surface area contributed by atoms with Crippen LogP contribution in [0.25, 0.3) is 0 Å². The molecule has 0 aromatic carbocycles. The highest BCUT2D eigenvalue weighted by atomic mass is 16.3. The maximum Gasteiger partial charge on any atom is 0.0580 e. The summed E-state index contributed by atoms with van der Waals surface area (Å²) >= 11 is 0. The summed E-state index contributed by atoms with van der Waals surface area (Å²) in [6.07, 6.45) is 10.1. The molecule has 1 aliphatic rings. The minimum Gasteiger partial charge on any atom is -0.393 e. The Morgan fingerprint density at radius 2 is 2.06 bits per heavy atom. The molecule has 0 saturated heterocycles. The van der Waals surface area contributed by atoms with Gasteiger partial charge in [0.25, 0.3) is 0 Å². The van der Waals surface area contributed by atoms with Crippen molar-refractivity contribution in [3.8, 4) is 0 Å². The van der Waals surface area contributed by atoms with Gasteiger partial charge in [-0.1, -0.05) is 39.0 Å². The molecule has 0 amide bonds. The standard InChI is InChI=1S/C14H29NO/c1-3-4-5-6-8-12(2)15-11-13-9-7-10-14(13)16/h12-16H,3-11H2,1-2H3. The molecule has 1 saturated carbocycles. The lowest BCUT2D eigenvalue weighted by Crippen LogP contribution is -2.33. The molecule has 0 heterocycles. The van der Waals surface area contributed by atoms with Crippen molar-refractivity contribution >= 4 is 0 Å². The molecule has 2 N–H and O–H groups in total. The number of unbranched alkanes of at least 4 members (excludes halogenated alkanes) is 3. The first-order chi connectivity index (χ1) is 7.74. The molecule has 0 spiro atoms. The SMILES string of the molecule is CCCCCCC(C)NCC1CCCC1O. The molecule has 16 heavy (non-hydrogen) atoms. The van der Waals surface area contributed by atoms with Crippen molar-refractivity contribution in [3.63, 3.8) is 0 Å². The fraction of sp³-hybridized carbons (Fsp3) is 1.00. The van der Waals surface area contributed by atoms with Crippen LogP contribution in [0, 0.1) is 5.92 Å². The average Bonchev–Trinajstić information content (AvgIpc) is 2.67. The Kier molecular flexibility index (Phi) is 7.06. The Hall–Kier alpha value is -0.0800. The summed E-state index contributed by atoms with van der Waals surface area (Å²) < 4.78 is 0. The van der Waals surface area contributed by atoms with E-state index in [0.717, 1.165) is 13.0 Å². The van der Waals surface area contributed by atoms with Crippen LogP contribution >= 0.6 is 0 Å². The van der Waals surface area contributed by atoms with Crippen molar-refractivity contribution in [2.24, 2.45) is 5.92 Å². The largest absolute Gasteiger partial charge is 0.393 e. The fourth-order valence-corrected chi connectivity index (χ4v) is 2.59. The predicted molar refractivity (Wildman–Crippen MR) is 69.6 cm³/mol. The molecular weight excluding hydrogens is 198 g/mol. The Morgan fingerprint density at radius 1 is 1.25 bits per heavy atom. The van der Waals surface area contributed by atoms with Crippen molar-refractivity contribution in [2.75, 3.05) is 6.54 Å². The van der Waals surface area contributed by atoms with Gasteiger partial charge in [-0.3, -0.25) is 0 Å². The quantitative estimate of drug-likeness (QED) is 0.625. The van der Waals surface area contributed by atoms with E-state index in [1.807, 2.05) is 0 Å². The summed E-state index contributed by atoms with van der Waals surface area (Å²) in [5.41, 5.74) is 0. The molecule has 2 heteroatoms. The molecule has 1 aliphatic carbocycles. The smallest absolute Gasteiger partial charge is 0.0580 e. The third-order valence-corrected chi connectivity index (χ3v) is 3.84. The molecule has 0 aromatic rings. The van der Waals surface area contributed by atoms with Crippen LogP contribution in [0.15, 0.2) is 0 Å². The van der Waals surface area contributed by atoms with E-state index in [4.69, 9.17) is 0 Å². The highest BCUT2D eigenvalue weighted by molar-refractivity contribution is 4.79. The van der Waals surface area contributed by atoms with Crippen molar-refractivity contribution < 1.29 is 5.11 Å². The zero-order valence-electron chi connectivity index (χ0n) is 11.0. The van der Waals surface area contributed by atoms with Gasteiger partial charge in [0.2, 0.25) is 0 Å². The van der Waals surface area contributed by atoms with Gasteiger partial charge >= 0.3 is 0 Å². The molecule has 3 unspecified atom stereocenters. The topological polar surface area (TPSA) is 32.3 Å². The second-order valence-corrected chi connectivity index (χ2v) is 5.42. The van der Waals surface area contributed by atoms with Crippen LogP contribution in [0.2, 0.25) is 0 Å². The Labute approximate surface area is 101 Å². The number of aliphatic hydroxyl groups excluding tert-OH is 1. The van der Waals surface area contributed by atoms with E-state index >= 15 is 0 Å².